The van der Waals surface area contributed by atoms with Gasteiger partial charge >= 0.3 is 0 Å². The molecule has 0 radical (unpaired) electrons. The maximum absolute atomic E-state index is 12.1. The van der Waals surface area contributed by atoms with Crippen molar-refractivity contribution in [3.63, 3.8) is 0 Å². The van der Waals surface area contributed by atoms with Crippen LogP contribution in [0.15, 0.2) is 0 Å². The Bertz CT molecular complexity index is 290. The third kappa shape index (κ3) is 2.41. The van der Waals surface area contributed by atoms with Gasteiger partial charge in [-0.25, -0.2) is 8.42 Å². The van der Waals surface area contributed by atoms with Gasteiger partial charge in [-0.05, 0) is 33.6 Å². The molecule has 1 rings (SSSR count). The molecule has 1 fully saturated rings. The van der Waals surface area contributed by atoms with Crippen LogP contribution in [0, 0.1) is 0 Å². The maximum atomic E-state index is 12.1. The first-order valence-electron chi connectivity index (χ1n) is 4.88. The molecule has 1 aliphatic carbocycles. The van der Waals surface area contributed by atoms with E-state index in [1.54, 1.807) is 25.1 Å². The molecule has 84 valence electrons. The minimum Gasteiger partial charge on any atom is -0.212 e. The van der Waals surface area contributed by atoms with Crippen molar-refractivity contribution < 1.29 is 8.42 Å². The van der Waals surface area contributed by atoms with Gasteiger partial charge in [0.15, 0.2) is 0 Å². The van der Waals surface area contributed by atoms with Crippen LogP contribution in [0.25, 0.3) is 0 Å². The Morgan fingerprint density at radius 3 is 2.14 bits per heavy atom. The first-order valence-corrected chi connectivity index (χ1v) is 6.85. The molecule has 14 heavy (non-hydrogen) atoms. The topological polar surface area (TPSA) is 37.4 Å². The predicted molar refractivity (Wildman–Crippen MR) is 59.1 cm³/mol. The van der Waals surface area contributed by atoms with Crippen molar-refractivity contribution in [2.24, 2.45) is 0 Å². The summed E-state index contributed by atoms with van der Waals surface area (Å²) in [5.74, 6) is 0.367. The summed E-state index contributed by atoms with van der Waals surface area (Å²) >= 11 is 5.62. The van der Waals surface area contributed by atoms with Crippen molar-refractivity contribution in [2.75, 3.05) is 12.4 Å². The van der Waals surface area contributed by atoms with E-state index in [0.29, 0.717) is 12.4 Å². The molecule has 0 aromatic heterocycles. The second kappa shape index (κ2) is 3.99. The molecule has 0 amide bonds. The average Bonchev–Trinajstić information content (AvgIpc) is 2.80. The van der Waals surface area contributed by atoms with E-state index in [2.05, 4.69) is 0 Å². The summed E-state index contributed by atoms with van der Waals surface area (Å²) in [5.41, 5.74) is 0. The van der Waals surface area contributed by atoms with Gasteiger partial charge in [0.05, 0.1) is 4.75 Å². The summed E-state index contributed by atoms with van der Waals surface area (Å²) in [7, 11) is -3.19. The second-order valence-electron chi connectivity index (χ2n) is 4.65. The summed E-state index contributed by atoms with van der Waals surface area (Å²) in [6.45, 7) is 5.62. The van der Waals surface area contributed by atoms with Gasteiger partial charge in [0.1, 0.15) is 0 Å². The summed E-state index contributed by atoms with van der Waals surface area (Å²) in [5, 5.41) is 0. The van der Waals surface area contributed by atoms with E-state index in [9.17, 15) is 8.42 Å². The fraction of sp³-hybridized carbons (Fsp3) is 1.00. The largest absolute Gasteiger partial charge is 0.219 e. The number of rotatable bonds is 4. The fourth-order valence-electron chi connectivity index (χ4n) is 1.30. The molecule has 0 atom stereocenters. The lowest BCUT2D eigenvalue weighted by molar-refractivity contribution is 0.403. The van der Waals surface area contributed by atoms with Crippen LogP contribution in [0.4, 0.5) is 0 Å². The van der Waals surface area contributed by atoms with Crippen LogP contribution in [-0.2, 0) is 10.0 Å². The number of sulfonamides is 1. The molecule has 0 unspecified atom stereocenters. The quantitative estimate of drug-likeness (QED) is 0.702. The normalized spacial score (nSPS) is 18.9. The number of halogens is 1. The zero-order chi connectivity index (χ0) is 11.0. The van der Waals surface area contributed by atoms with Crippen LogP contribution >= 0.6 is 11.6 Å². The number of hydrogen-bond acceptors (Lipinski definition) is 2. The van der Waals surface area contributed by atoms with E-state index in [0.717, 1.165) is 12.8 Å². The monoisotopic (exact) mass is 239 g/mol. The molecule has 1 aliphatic rings. The van der Waals surface area contributed by atoms with Gasteiger partial charge in [-0.3, -0.25) is 0 Å². The van der Waals surface area contributed by atoms with E-state index in [1.807, 2.05) is 0 Å². The smallest absolute Gasteiger partial charge is 0.212 e. The molecule has 0 aromatic carbocycles. The SMILES string of the molecule is CC(C)(C)S(=O)(=O)N(CCCl)C1CC1. The Kier molecular flexibility index (Phi) is 3.49. The van der Waals surface area contributed by atoms with Gasteiger partial charge in [0, 0.05) is 18.5 Å². The molecule has 0 N–H and O–H groups in total. The number of alkyl halides is 1. The Hall–Kier alpha value is 0.200. The predicted octanol–water partition coefficient (Wildman–Crippen LogP) is 1.82. The molecule has 5 heteroatoms. The summed E-state index contributed by atoms with van der Waals surface area (Å²) in [6.07, 6.45) is 1.96. The molecule has 0 heterocycles. The van der Waals surface area contributed by atoms with E-state index in [1.165, 1.54) is 0 Å². The van der Waals surface area contributed by atoms with E-state index >= 15 is 0 Å². The van der Waals surface area contributed by atoms with Crippen molar-refractivity contribution in [3.8, 4) is 0 Å². The van der Waals surface area contributed by atoms with Crippen molar-refractivity contribution in [3.05, 3.63) is 0 Å². The van der Waals surface area contributed by atoms with Crippen molar-refractivity contribution in [1.29, 1.82) is 0 Å². The standard InChI is InChI=1S/C9H18ClNO2S/c1-9(2,3)14(12,13)11(7-6-10)8-4-5-8/h8H,4-7H2,1-3H3. The lowest BCUT2D eigenvalue weighted by Crippen LogP contribution is -2.45. The summed E-state index contributed by atoms with van der Waals surface area (Å²) in [4.78, 5) is 0. The minimum absolute atomic E-state index is 0.206. The second-order valence-corrected chi connectivity index (χ2v) is 7.67. The molecule has 0 spiro atoms. The highest BCUT2D eigenvalue weighted by atomic mass is 35.5. The molecule has 3 nitrogen and oxygen atoms in total. The van der Waals surface area contributed by atoms with Crippen LogP contribution in [0.5, 0.6) is 0 Å². The first-order chi connectivity index (χ1) is 6.30. The van der Waals surface area contributed by atoms with Crippen LogP contribution < -0.4 is 0 Å². The van der Waals surface area contributed by atoms with Crippen LogP contribution in [0.2, 0.25) is 0 Å². The van der Waals surface area contributed by atoms with Gasteiger partial charge in [-0.2, -0.15) is 4.31 Å². The van der Waals surface area contributed by atoms with Crippen LogP contribution in [0.1, 0.15) is 33.6 Å². The average molecular weight is 240 g/mol. The summed E-state index contributed by atoms with van der Waals surface area (Å²) < 4.78 is 25.0. The van der Waals surface area contributed by atoms with E-state index in [-0.39, 0.29) is 6.04 Å². The molecular weight excluding hydrogens is 222 g/mol. The minimum atomic E-state index is -3.19. The zero-order valence-corrected chi connectivity index (χ0v) is 10.5. The van der Waals surface area contributed by atoms with Crippen LogP contribution in [0.3, 0.4) is 0 Å². The van der Waals surface area contributed by atoms with E-state index in [4.69, 9.17) is 11.6 Å². The number of hydrogen-bond donors (Lipinski definition) is 0. The Morgan fingerprint density at radius 1 is 1.36 bits per heavy atom. The third-order valence-corrected chi connectivity index (χ3v) is 5.16. The van der Waals surface area contributed by atoms with Crippen molar-refractivity contribution in [1.82, 2.24) is 4.31 Å². The lowest BCUT2D eigenvalue weighted by atomic mass is 10.3. The van der Waals surface area contributed by atoms with Gasteiger partial charge in [-0.15, -0.1) is 11.6 Å². The van der Waals surface area contributed by atoms with Gasteiger partial charge in [0.2, 0.25) is 10.0 Å². The van der Waals surface area contributed by atoms with Gasteiger partial charge in [0.25, 0.3) is 0 Å². The maximum Gasteiger partial charge on any atom is 0.219 e. The molecule has 1 saturated carbocycles. The van der Waals surface area contributed by atoms with Crippen molar-refractivity contribution >= 4 is 21.6 Å². The van der Waals surface area contributed by atoms with E-state index < -0.39 is 14.8 Å². The highest BCUT2D eigenvalue weighted by molar-refractivity contribution is 7.90. The molecule has 0 aliphatic heterocycles. The van der Waals surface area contributed by atoms with Gasteiger partial charge < -0.3 is 0 Å². The molecule has 0 saturated heterocycles. The Morgan fingerprint density at radius 2 is 1.86 bits per heavy atom. The Balaban J connectivity index is 2.86. The zero-order valence-electron chi connectivity index (χ0n) is 8.96. The lowest BCUT2D eigenvalue weighted by Gasteiger charge is -2.29. The fourth-order valence-corrected chi connectivity index (χ4v) is 3.22. The van der Waals surface area contributed by atoms with Gasteiger partial charge in [-0.1, -0.05) is 0 Å². The molecular formula is C9H18ClNO2S. The number of nitrogens with zero attached hydrogens (tertiary/aromatic N) is 1. The van der Waals surface area contributed by atoms with Crippen molar-refractivity contribution in [2.45, 2.75) is 44.4 Å². The van der Waals surface area contributed by atoms with Crippen LogP contribution in [-0.4, -0.2) is 35.9 Å². The third-order valence-electron chi connectivity index (χ3n) is 2.34. The Labute approximate surface area is 91.5 Å². The highest BCUT2D eigenvalue weighted by Gasteiger charge is 2.42. The first kappa shape index (κ1) is 12.3. The summed E-state index contributed by atoms with van der Waals surface area (Å²) in [6, 6.07) is 0.206. The highest BCUT2D eigenvalue weighted by Crippen LogP contribution is 2.33. The molecule has 0 aromatic rings. The molecule has 0 bridgehead atoms.